The van der Waals surface area contributed by atoms with Crippen LogP contribution in [0.5, 0.6) is 0 Å². The smallest absolute Gasteiger partial charge is 0.337 e. The zero-order valence-corrected chi connectivity index (χ0v) is 30.6. The third-order valence-corrected chi connectivity index (χ3v) is 11.4. The van der Waals surface area contributed by atoms with Crippen molar-refractivity contribution in [2.45, 2.75) is 56.4 Å². The lowest BCUT2D eigenvalue weighted by Crippen LogP contribution is -2.43. The fraction of sp³-hybridized carbons (Fsp3) is 0.300. The number of esters is 2. The number of hydrogen-bond donors (Lipinski definition) is 2. The van der Waals surface area contributed by atoms with Gasteiger partial charge in [0.25, 0.3) is 11.8 Å². The quantitative estimate of drug-likeness (QED) is 0.145. The van der Waals surface area contributed by atoms with Gasteiger partial charge in [-0.1, -0.05) is 37.3 Å². The molecule has 278 valence electrons. The van der Waals surface area contributed by atoms with Crippen LogP contribution in [0.2, 0.25) is 0 Å². The van der Waals surface area contributed by atoms with E-state index < -0.39 is 33.6 Å². The van der Waals surface area contributed by atoms with Crippen molar-refractivity contribution in [3.8, 4) is 0 Å². The fourth-order valence-corrected chi connectivity index (χ4v) is 8.24. The first-order valence-electron chi connectivity index (χ1n) is 17.3. The number of sulfonamides is 1. The van der Waals surface area contributed by atoms with Crippen LogP contribution in [0.25, 0.3) is 0 Å². The predicted molar refractivity (Wildman–Crippen MR) is 198 cm³/mol. The predicted octanol–water partition coefficient (Wildman–Crippen LogP) is 6.64. The zero-order chi connectivity index (χ0) is 38.1. The lowest BCUT2D eigenvalue weighted by Gasteiger charge is -2.34. The minimum absolute atomic E-state index is 0.0298. The van der Waals surface area contributed by atoms with Crippen molar-refractivity contribution < 1.29 is 41.5 Å². The molecule has 1 saturated carbocycles. The summed E-state index contributed by atoms with van der Waals surface area (Å²) in [6.07, 6.45) is 3.47. The average molecular weight is 744 g/mol. The molecule has 4 aromatic rings. The molecule has 0 unspecified atom stereocenters. The topological polar surface area (TPSA) is 148 Å². The number of methoxy groups -OCH3 is 2. The lowest BCUT2D eigenvalue weighted by atomic mass is 9.86. The molecule has 0 bridgehead atoms. The Morgan fingerprint density at radius 3 is 2.00 bits per heavy atom. The van der Waals surface area contributed by atoms with E-state index in [0.717, 1.165) is 29.7 Å². The van der Waals surface area contributed by atoms with Gasteiger partial charge in [0.15, 0.2) is 0 Å². The summed E-state index contributed by atoms with van der Waals surface area (Å²) in [5.41, 5.74) is 2.93. The summed E-state index contributed by atoms with van der Waals surface area (Å²) >= 11 is 0. The van der Waals surface area contributed by atoms with E-state index in [1.54, 1.807) is 31.2 Å². The molecule has 2 amide bonds. The van der Waals surface area contributed by atoms with Gasteiger partial charge < -0.3 is 20.1 Å². The first kappa shape index (κ1) is 38.8. The average Bonchev–Trinajstić information content (AvgIpc) is 3.18. The molecule has 4 aromatic carbocycles. The van der Waals surface area contributed by atoms with Crippen LogP contribution < -0.4 is 10.6 Å². The third-order valence-electron chi connectivity index (χ3n) is 9.42. The number of hydrogen-bond acceptors (Lipinski definition) is 8. The number of amides is 2. The Hall–Kier alpha value is -5.40. The highest BCUT2D eigenvalue weighted by Crippen LogP contribution is 2.32. The van der Waals surface area contributed by atoms with Crippen LogP contribution in [0, 0.1) is 11.7 Å². The van der Waals surface area contributed by atoms with Gasteiger partial charge in [0.1, 0.15) is 5.82 Å². The van der Waals surface area contributed by atoms with Gasteiger partial charge in [-0.3, -0.25) is 14.4 Å². The summed E-state index contributed by atoms with van der Waals surface area (Å²) in [4.78, 5) is 50.3. The van der Waals surface area contributed by atoms with Crippen molar-refractivity contribution in [1.29, 1.82) is 0 Å². The molecule has 0 saturated heterocycles. The van der Waals surface area contributed by atoms with Crippen molar-refractivity contribution in [3.05, 3.63) is 125 Å². The molecular weight excluding hydrogens is 702 g/mol. The Morgan fingerprint density at radius 1 is 0.755 bits per heavy atom. The molecule has 0 atom stereocenters. The van der Waals surface area contributed by atoms with E-state index in [9.17, 15) is 32.0 Å². The number of aryl methyl sites for hydroxylation is 2. The maximum Gasteiger partial charge on any atom is 0.337 e. The molecule has 0 aliphatic heterocycles. The molecule has 2 N–H and O–H groups in total. The van der Waals surface area contributed by atoms with E-state index in [0.29, 0.717) is 43.4 Å². The van der Waals surface area contributed by atoms with E-state index in [1.807, 2.05) is 24.3 Å². The van der Waals surface area contributed by atoms with Gasteiger partial charge in [0.2, 0.25) is 10.0 Å². The van der Waals surface area contributed by atoms with E-state index in [1.165, 1.54) is 48.9 Å². The van der Waals surface area contributed by atoms with Crippen LogP contribution in [0.15, 0.2) is 95.9 Å². The summed E-state index contributed by atoms with van der Waals surface area (Å²) in [6.45, 7) is 1.95. The van der Waals surface area contributed by atoms with Gasteiger partial charge in [0.05, 0.1) is 41.8 Å². The Morgan fingerprint density at radius 2 is 1.40 bits per heavy atom. The van der Waals surface area contributed by atoms with E-state index in [4.69, 9.17) is 9.47 Å². The number of nitrogens with zero attached hydrogens (tertiary/aromatic N) is 1. The van der Waals surface area contributed by atoms with Gasteiger partial charge in [-0.25, -0.2) is 17.6 Å². The summed E-state index contributed by atoms with van der Waals surface area (Å²) in [7, 11) is -1.33. The van der Waals surface area contributed by atoms with E-state index >= 15 is 0 Å². The largest absolute Gasteiger partial charge is 0.469 e. The SMILES string of the molecule is CCN([C@H]1CC[C@H](C(=O)OC)CC1)S(=O)(=O)c1cccc(C(=O)Nc2ccc(F)cc2C(=O)Nc2ccc(CCc3ccc(C(=O)OC)cc3)cc2)c1. The van der Waals surface area contributed by atoms with Crippen LogP contribution in [0.4, 0.5) is 15.8 Å². The number of rotatable bonds is 13. The summed E-state index contributed by atoms with van der Waals surface area (Å²) in [5, 5.41) is 5.38. The normalized spacial score (nSPS) is 15.7. The minimum atomic E-state index is -4.00. The number of carbonyl (C=O) groups is 4. The number of ether oxygens (including phenoxy) is 2. The van der Waals surface area contributed by atoms with Crippen molar-refractivity contribution in [2.24, 2.45) is 5.92 Å². The van der Waals surface area contributed by atoms with E-state index in [-0.39, 0.29) is 46.2 Å². The van der Waals surface area contributed by atoms with Gasteiger partial charge in [-0.2, -0.15) is 4.31 Å². The van der Waals surface area contributed by atoms with Crippen molar-refractivity contribution in [3.63, 3.8) is 0 Å². The lowest BCUT2D eigenvalue weighted by molar-refractivity contribution is -0.146. The van der Waals surface area contributed by atoms with Crippen LogP contribution in [-0.4, -0.2) is 63.3 Å². The van der Waals surface area contributed by atoms with Crippen molar-refractivity contribution in [2.75, 3.05) is 31.4 Å². The standard InChI is InChI=1S/C40H42FN3O8S/c1-4-44(33-21-16-29(17-22-33)40(48)52-3)53(49,50)34-7-5-6-30(24-34)37(45)43-36-23-18-31(41)25-35(36)38(46)42-32-19-12-27(13-20-32)9-8-26-10-14-28(15-11-26)39(47)51-2/h5-7,10-15,18-20,23-25,29,33H,4,8-9,16-17,21-22H2,1-3H3,(H,42,46)(H,43,45)/t29-,33-. The number of nitrogens with one attached hydrogen (secondary N) is 2. The number of halogens is 1. The van der Waals surface area contributed by atoms with Crippen molar-refractivity contribution >= 4 is 45.2 Å². The molecule has 0 aromatic heterocycles. The minimum Gasteiger partial charge on any atom is -0.469 e. The number of carbonyl (C=O) groups excluding carboxylic acids is 4. The van der Waals surface area contributed by atoms with Gasteiger partial charge in [-0.05, 0) is 110 Å². The molecule has 53 heavy (non-hydrogen) atoms. The molecule has 1 aliphatic rings. The highest BCUT2D eigenvalue weighted by atomic mass is 32.2. The Balaban J connectivity index is 1.23. The van der Waals surface area contributed by atoms with Crippen LogP contribution in [0.1, 0.15) is 74.8 Å². The second-order valence-corrected chi connectivity index (χ2v) is 14.6. The van der Waals surface area contributed by atoms with Crippen LogP contribution >= 0.6 is 0 Å². The maximum atomic E-state index is 14.4. The monoisotopic (exact) mass is 743 g/mol. The third kappa shape index (κ3) is 9.53. The Bertz CT molecular complexity index is 2060. The highest BCUT2D eigenvalue weighted by Gasteiger charge is 2.35. The Labute approximate surface area is 308 Å². The molecule has 0 radical (unpaired) electrons. The molecule has 1 fully saturated rings. The van der Waals surface area contributed by atoms with Crippen LogP contribution in [-0.2, 0) is 37.1 Å². The second-order valence-electron chi connectivity index (χ2n) is 12.7. The Kier molecular flexibility index (Phi) is 12.8. The van der Waals surface area contributed by atoms with Crippen LogP contribution in [0.3, 0.4) is 0 Å². The van der Waals surface area contributed by atoms with Crippen molar-refractivity contribution in [1.82, 2.24) is 4.31 Å². The van der Waals surface area contributed by atoms with Gasteiger partial charge in [-0.15, -0.1) is 0 Å². The zero-order valence-electron chi connectivity index (χ0n) is 29.8. The number of benzene rings is 4. The molecule has 0 spiro atoms. The fourth-order valence-electron chi connectivity index (χ4n) is 6.50. The summed E-state index contributed by atoms with van der Waals surface area (Å²) in [5.74, 6) is -2.97. The molecule has 13 heteroatoms. The summed E-state index contributed by atoms with van der Waals surface area (Å²) in [6, 6.07) is 23.0. The van der Waals surface area contributed by atoms with Gasteiger partial charge >= 0.3 is 11.9 Å². The van der Waals surface area contributed by atoms with Gasteiger partial charge in [0, 0.05) is 23.8 Å². The first-order valence-corrected chi connectivity index (χ1v) is 18.8. The second kappa shape index (κ2) is 17.4. The van der Waals surface area contributed by atoms with E-state index in [2.05, 4.69) is 10.6 Å². The highest BCUT2D eigenvalue weighted by molar-refractivity contribution is 7.89. The maximum absolute atomic E-state index is 14.4. The molecule has 1 aliphatic carbocycles. The molecule has 0 heterocycles. The molecular formula is C40H42FN3O8S. The molecule has 11 nitrogen and oxygen atoms in total. The summed E-state index contributed by atoms with van der Waals surface area (Å²) < 4.78 is 52.9. The first-order chi connectivity index (χ1) is 25.4. The molecule has 5 rings (SSSR count). The number of anilines is 2.